The molecule has 1 heterocycles. The zero-order chi connectivity index (χ0) is 13.4. The summed E-state index contributed by atoms with van der Waals surface area (Å²) < 4.78 is 0. The van der Waals surface area contributed by atoms with Gasteiger partial charge in [-0.3, -0.25) is 14.7 Å². The van der Waals surface area contributed by atoms with Gasteiger partial charge in [-0.1, -0.05) is 0 Å². The van der Waals surface area contributed by atoms with Crippen LogP contribution in [0.1, 0.15) is 5.56 Å². The van der Waals surface area contributed by atoms with E-state index in [1.54, 1.807) is 12.4 Å². The van der Waals surface area contributed by atoms with Crippen molar-refractivity contribution in [3.05, 3.63) is 30.1 Å². The van der Waals surface area contributed by atoms with Gasteiger partial charge in [0.25, 0.3) is 0 Å². The van der Waals surface area contributed by atoms with Crippen LogP contribution < -0.4 is 0 Å². The van der Waals surface area contributed by atoms with Gasteiger partial charge < -0.3 is 10.0 Å². The minimum Gasteiger partial charge on any atom is -0.480 e. The van der Waals surface area contributed by atoms with Crippen LogP contribution in [0, 0.1) is 0 Å². The standard InChI is InChI=1S/C13H21N3O2/c1-15(2)9-10-16(11-13(17)18)8-5-12-3-6-14-7-4-12/h3-4,6-7H,5,8-11H2,1-2H3,(H,17,18). The maximum atomic E-state index is 10.8. The third-order valence-corrected chi connectivity index (χ3v) is 2.69. The summed E-state index contributed by atoms with van der Waals surface area (Å²) in [6.45, 7) is 2.48. The van der Waals surface area contributed by atoms with Crippen LogP contribution in [0.2, 0.25) is 0 Å². The molecule has 0 saturated heterocycles. The molecular formula is C13H21N3O2. The molecule has 0 bridgehead atoms. The van der Waals surface area contributed by atoms with Crippen LogP contribution in [0.4, 0.5) is 0 Å². The average Bonchev–Trinajstić information content (AvgIpc) is 2.33. The Balaban J connectivity index is 2.42. The van der Waals surface area contributed by atoms with Gasteiger partial charge in [0.05, 0.1) is 6.54 Å². The lowest BCUT2D eigenvalue weighted by Crippen LogP contribution is -2.36. The monoisotopic (exact) mass is 251 g/mol. The molecule has 0 aliphatic rings. The van der Waals surface area contributed by atoms with Gasteiger partial charge in [-0.15, -0.1) is 0 Å². The molecule has 0 aliphatic heterocycles. The number of carboxylic acid groups (broad SMARTS) is 1. The number of nitrogens with zero attached hydrogens (tertiary/aromatic N) is 3. The first-order chi connectivity index (χ1) is 8.58. The number of likely N-dealkylation sites (N-methyl/N-ethyl adjacent to an activating group) is 1. The minimum atomic E-state index is -0.775. The molecule has 5 heteroatoms. The lowest BCUT2D eigenvalue weighted by molar-refractivity contribution is -0.138. The highest BCUT2D eigenvalue weighted by Crippen LogP contribution is 2.00. The van der Waals surface area contributed by atoms with E-state index in [4.69, 9.17) is 5.11 Å². The lowest BCUT2D eigenvalue weighted by atomic mass is 10.2. The van der Waals surface area contributed by atoms with Gasteiger partial charge in [-0.2, -0.15) is 0 Å². The van der Waals surface area contributed by atoms with Gasteiger partial charge in [0.1, 0.15) is 0 Å². The highest BCUT2D eigenvalue weighted by molar-refractivity contribution is 5.69. The van der Waals surface area contributed by atoms with Crippen molar-refractivity contribution in [2.45, 2.75) is 6.42 Å². The molecule has 1 rings (SSSR count). The molecule has 0 aliphatic carbocycles. The largest absolute Gasteiger partial charge is 0.480 e. The summed E-state index contributed by atoms with van der Waals surface area (Å²) >= 11 is 0. The van der Waals surface area contributed by atoms with E-state index in [-0.39, 0.29) is 6.54 Å². The van der Waals surface area contributed by atoms with E-state index in [1.807, 2.05) is 31.1 Å². The fraction of sp³-hybridized carbons (Fsp3) is 0.538. The summed E-state index contributed by atoms with van der Waals surface area (Å²) in [4.78, 5) is 18.8. The van der Waals surface area contributed by atoms with E-state index < -0.39 is 5.97 Å². The Morgan fingerprint density at radius 2 is 1.89 bits per heavy atom. The Kier molecular flexibility index (Phi) is 6.32. The Hall–Kier alpha value is -1.46. The Morgan fingerprint density at radius 1 is 1.22 bits per heavy atom. The maximum Gasteiger partial charge on any atom is 0.317 e. The number of hydrogen-bond acceptors (Lipinski definition) is 4. The summed E-state index contributed by atoms with van der Waals surface area (Å²) in [7, 11) is 3.98. The van der Waals surface area contributed by atoms with E-state index >= 15 is 0 Å². The molecule has 0 amide bonds. The van der Waals surface area contributed by atoms with Gasteiger partial charge in [-0.05, 0) is 38.2 Å². The van der Waals surface area contributed by atoms with Crippen molar-refractivity contribution in [1.29, 1.82) is 0 Å². The van der Waals surface area contributed by atoms with Crippen molar-refractivity contribution in [1.82, 2.24) is 14.8 Å². The lowest BCUT2D eigenvalue weighted by Gasteiger charge is -2.22. The molecule has 1 N–H and O–H groups in total. The second kappa shape index (κ2) is 7.79. The molecule has 0 atom stereocenters. The zero-order valence-electron chi connectivity index (χ0n) is 11.0. The summed E-state index contributed by atoms with van der Waals surface area (Å²) in [5, 5.41) is 8.88. The van der Waals surface area contributed by atoms with Gasteiger partial charge >= 0.3 is 5.97 Å². The van der Waals surface area contributed by atoms with Gasteiger partial charge in [0.2, 0.25) is 0 Å². The number of aliphatic carboxylic acids is 1. The van der Waals surface area contributed by atoms with Crippen LogP contribution in [0.25, 0.3) is 0 Å². The van der Waals surface area contributed by atoms with Crippen molar-refractivity contribution >= 4 is 5.97 Å². The zero-order valence-corrected chi connectivity index (χ0v) is 11.0. The molecule has 0 aromatic carbocycles. The molecule has 18 heavy (non-hydrogen) atoms. The highest BCUT2D eigenvalue weighted by Gasteiger charge is 2.09. The van der Waals surface area contributed by atoms with E-state index in [2.05, 4.69) is 9.88 Å². The van der Waals surface area contributed by atoms with Crippen LogP contribution in [-0.2, 0) is 11.2 Å². The first kappa shape index (κ1) is 14.6. The maximum absolute atomic E-state index is 10.8. The molecule has 100 valence electrons. The summed E-state index contributed by atoms with van der Waals surface area (Å²) in [5.74, 6) is -0.775. The number of pyridine rings is 1. The van der Waals surface area contributed by atoms with Crippen molar-refractivity contribution < 1.29 is 9.90 Å². The Labute approximate surface area is 108 Å². The van der Waals surface area contributed by atoms with Crippen LogP contribution >= 0.6 is 0 Å². The number of rotatable bonds is 8. The quantitative estimate of drug-likeness (QED) is 0.732. The second-order valence-corrected chi connectivity index (χ2v) is 4.58. The molecule has 5 nitrogen and oxygen atoms in total. The fourth-order valence-electron chi connectivity index (χ4n) is 1.64. The summed E-state index contributed by atoms with van der Waals surface area (Å²) in [5.41, 5.74) is 1.19. The number of hydrogen-bond donors (Lipinski definition) is 1. The van der Waals surface area contributed by atoms with Crippen molar-refractivity contribution in [2.75, 3.05) is 40.3 Å². The number of carbonyl (C=O) groups is 1. The third-order valence-electron chi connectivity index (χ3n) is 2.69. The third kappa shape index (κ3) is 6.32. The second-order valence-electron chi connectivity index (χ2n) is 4.58. The summed E-state index contributed by atoms with van der Waals surface area (Å²) in [6, 6.07) is 3.93. The van der Waals surface area contributed by atoms with Crippen molar-refractivity contribution in [2.24, 2.45) is 0 Å². The van der Waals surface area contributed by atoms with Crippen LogP contribution in [0.15, 0.2) is 24.5 Å². The smallest absolute Gasteiger partial charge is 0.317 e. The molecule has 0 spiro atoms. The van der Waals surface area contributed by atoms with Crippen molar-refractivity contribution in [3.63, 3.8) is 0 Å². The van der Waals surface area contributed by atoms with Gasteiger partial charge in [0.15, 0.2) is 0 Å². The fourth-order valence-corrected chi connectivity index (χ4v) is 1.64. The number of aromatic nitrogens is 1. The molecule has 0 radical (unpaired) electrons. The Morgan fingerprint density at radius 3 is 2.44 bits per heavy atom. The van der Waals surface area contributed by atoms with E-state index in [0.717, 1.165) is 26.1 Å². The van der Waals surface area contributed by atoms with Crippen LogP contribution in [0.5, 0.6) is 0 Å². The Bertz CT molecular complexity index is 355. The first-order valence-corrected chi connectivity index (χ1v) is 6.05. The number of carboxylic acids is 1. The normalized spacial score (nSPS) is 11.1. The molecular weight excluding hydrogens is 230 g/mol. The van der Waals surface area contributed by atoms with Crippen LogP contribution in [0.3, 0.4) is 0 Å². The van der Waals surface area contributed by atoms with Gasteiger partial charge in [0, 0.05) is 32.0 Å². The van der Waals surface area contributed by atoms with E-state index in [0.29, 0.717) is 0 Å². The molecule has 0 saturated carbocycles. The van der Waals surface area contributed by atoms with Crippen molar-refractivity contribution in [3.8, 4) is 0 Å². The SMILES string of the molecule is CN(C)CCN(CCc1ccncc1)CC(=O)O. The topological polar surface area (TPSA) is 56.7 Å². The van der Waals surface area contributed by atoms with E-state index in [9.17, 15) is 4.79 Å². The van der Waals surface area contributed by atoms with E-state index in [1.165, 1.54) is 5.56 Å². The van der Waals surface area contributed by atoms with Gasteiger partial charge in [-0.25, -0.2) is 0 Å². The average molecular weight is 251 g/mol. The molecule has 0 fully saturated rings. The predicted molar refractivity (Wildman–Crippen MR) is 70.6 cm³/mol. The molecule has 0 unspecified atom stereocenters. The minimum absolute atomic E-state index is 0.0962. The highest BCUT2D eigenvalue weighted by atomic mass is 16.4. The summed E-state index contributed by atoms with van der Waals surface area (Å²) in [6.07, 6.45) is 4.37. The predicted octanol–water partition coefficient (Wildman–Crippen LogP) is 0.572. The molecule has 1 aromatic rings. The first-order valence-electron chi connectivity index (χ1n) is 6.05. The molecule has 1 aromatic heterocycles. The van der Waals surface area contributed by atoms with Crippen LogP contribution in [-0.4, -0.2) is 66.1 Å².